The van der Waals surface area contributed by atoms with E-state index in [9.17, 15) is 9.18 Å². The minimum atomic E-state index is -0.272. The number of hydrogen-bond donors (Lipinski definition) is 1. The van der Waals surface area contributed by atoms with Gasteiger partial charge >= 0.3 is 0 Å². The third kappa shape index (κ3) is 2.94. The molecule has 2 aromatic heterocycles. The summed E-state index contributed by atoms with van der Waals surface area (Å²) < 4.78 is 18.1. The van der Waals surface area contributed by atoms with Gasteiger partial charge in [-0.1, -0.05) is 11.6 Å². The van der Waals surface area contributed by atoms with Crippen LogP contribution in [0.2, 0.25) is 5.02 Å². The van der Waals surface area contributed by atoms with Crippen LogP contribution < -0.4 is 0 Å². The van der Waals surface area contributed by atoms with Crippen LogP contribution in [0, 0.1) is 10.6 Å². The smallest absolute Gasteiger partial charge is 0.237 e. The van der Waals surface area contributed by atoms with Crippen LogP contribution in [0.4, 0.5) is 4.39 Å². The highest BCUT2D eigenvalue weighted by atomic mass is 35.5. The summed E-state index contributed by atoms with van der Waals surface area (Å²) in [6, 6.07) is 4.59. The largest absolute Gasteiger partial charge is 0.334 e. The molecule has 5 nitrogen and oxygen atoms in total. The number of halogens is 2. The number of imidazole rings is 2. The second kappa shape index (κ2) is 6.24. The van der Waals surface area contributed by atoms with Crippen LogP contribution in [0.1, 0.15) is 27.7 Å². The van der Waals surface area contributed by atoms with Crippen molar-refractivity contribution in [1.82, 2.24) is 19.1 Å². The Hall–Kier alpha value is -2.25. The molecule has 3 heterocycles. The zero-order valence-electron chi connectivity index (χ0n) is 13.1. The Kier molecular flexibility index (Phi) is 4.05. The molecule has 0 amide bonds. The number of carbonyl (C=O) groups is 1. The SMILES string of the molecule is O=C(Cc1[nH]c(=S)n2c1C[C@H](c1cc(Cl)ccc1F)C2)n1ccnc1. The number of benzene rings is 1. The van der Waals surface area contributed by atoms with E-state index >= 15 is 0 Å². The van der Waals surface area contributed by atoms with Crippen LogP contribution in [0.15, 0.2) is 36.9 Å². The van der Waals surface area contributed by atoms with Gasteiger partial charge in [-0.05, 0) is 42.4 Å². The molecule has 25 heavy (non-hydrogen) atoms. The van der Waals surface area contributed by atoms with Gasteiger partial charge in [0.1, 0.15) is 12.1 Å². The molecule has 1 N–H and O–H groups in total. The average molecular weight is 377 g/mol. The molecular formula is C17H14ClFN4OS. The first kappa shape index (κ1) is 16.2. The lowest BCUT2D eigenvalue weighted by molar-refractivity contribution is 0.0912. The standard InChI is InChI=1S/C17H14ClFN4OS/c18-11-1-2-13(19)12(6-11)10-5-15-14(21-17(25)23(15)8-10)7-16(24)22-4-3-20-9-22/h1-4,6,9-10H,5,7-8H2,(H,21,25)/t10-/m0/s1. The molecule has 0 unspecified atom stereocenters. The van der Waals surface area contributed by atoms with E-state index in [1.54, 1.807) is 18.5 Å². The van der Waals surface area contributed by atoms with Gasteiger partial charge in [0.05, 0.1) is 6.42 Å². The highest BCUT2D eigenvalue weighted by molar-refractivity contribution is 7.71. The first-order valence-corrected chi connectivity index (χ1v) is 8.58. The molecule has 0 saturated heterocycles. The van der Waals surface area contributed by atoms with Crippen molar-refractivity contribution in [2.45, 2.75) is 25.3 Å². The van der Waals surface area contributed by atoms with Crippen molar-refractivity contribution in [3.8, 4) is 0 Å². The fourth-order valence-electron chi connectivity index (χ4n) is 3.33. The molecule has 128 valence electrons. The van der Waals surface area contributed by atoms with Crippen LogP contribution in [0.3, 0.4) is 0 Å². The van der Waals surface area contributed by atoms with Gasteiger partial charge in [0, 0.05) is 41.3 Å². The normalized spacial score (nSPS) is 16.2. The van der Waals surface area contributed by atoms with E-state index in [1.165, 1.54) is 23.0 Å². The molecule has 1 atom stereocenters. The Morgan fingerprint density at radius 3 is 3.08 bits per heavy atom. The fraction of sp³-hybridized carbons (Fsp3) is 0.235. The first-order valence-electron chi connectivity index (χ1n) is 7.79. The minimum absolute atomic E-state index is 0.0490. The maximum atomic E-state index is 14.2. The number of aromatic amines is 1. The predicted molar refractivity (Wildman–Crippen MR) is 94.0 cm³/mol. The summed E-state index contributed by atoms with van der Waals surface area (Å²) in [6.07, 6.45) is 5.43. The highest BCUT2D eigenvalue weighted by Gasteiger charge is 2.29. The minimum Gasteiger partial charge on any atom is -0.334 e. The quantitative estimate of drug-likeness (QED) is 0.708. The second-order valence-electron chi connectivity index (χ2n) is 6.07. The van der Waals surface area contributed by atoms with Crippen molar-refractivity contribution in [2.24, 2.45) is 0 Å². The molecule has 0 bridgehead atoms. The van der Waals surface area contributed by atoms with E-state index in [0.29, 0.717) is 28.3 Å². The van der Waals surface area contributed by atoms with Gasteiger partial charge in [-0.15, -0.1) is 0 Å². The molecule has 0 saturated carbocycles. The molecule has 0 spiro atoms. The number of H-pyrrole nitrogens is 1. The molecule has 1 aromatic carbocycles. The van der Waals surface area contributed by atoms with E-state index < -0.39 is 0 Å². The Labute approximate surface area is 153 Å². The molecule has 4 rings (SSSR count). The third-order valence-corrected chi connectivity index (χ3v) is 5.10. The summed E-state index contributed by atoms with van der Waals surface area (Å²) in [5.74, 6) is -0.423. The maximum absolute atomic E-state index is 14.2. The van der Waals surface area contributed by atoms with Crippen molar-refractivity contribution in [3.05, 3.63) is 69.5 Å². The molecule has 0 aliphatic carbocycles. The summed E-state index contributed by atoms with van der Waals surface area (Å²) in [5, 5.41) is 0.508. The predicted octanol–water partition coefficient (Wildman–Crippen LogP) is 3.76. The summed E-state index contributed by atoms with van der Waals surface area (Å²) in [6.45, 7) is 0.571. The fourth-order valence-corrected chi connectivity index (χ4v) is 3.82. The number of nitrogens with one attached hydrogen (secondary N) is 1. The summed E-state index contributed by atoms with van der Waals surface area (Å²) >= 11 is 11.4. The van der Waals surface area contributed by atoms with Crippen LogP contribution in [0.25, 0.3) is 0 Å². The van der Waals surface area contributed by atoms with Crippen LogP contribution in [0.5, 0.6) is 0 Å². The van der Waals surface area contributed by atoms with Crippen molar-refractivity contribution in [2.75, 3.05) is 0 Å². The Balaban J connectivity index is 1.63. The Bertz CT molecular complexity index is 1010. The first-order chi connectivity index (χ1) is 12.0. The van der Waals surface area contributed by atoms with E-state index in [0.717, 1.165) is 11.4 Å². The summed E-state index contributed by atoms with van der Waals surface area (Å²) in [7, 11) is 0. The van der Waals surface area contributed by atoms with Gasteiger partial charge in [-0.2, -0.15) is 0 Å². The second-order valence-corrected chi connectivity index (χ2v) is 6.90. The lowest BCUT2D eigenvalue weighted by atomic mass is 9.95. The van der Waals surface area contributed by atoms with E-state index in [1.807, 2.05) is 4.57 Å². The average Bonchev–Trinajstić information content (AvgIpc) is 3.29. The maximum Gasteiger partial charge on any atom is 0.237 e. The lowest BCUT2D eigenvalue weighted by Crippen LogP contribution is -2.13. The molecule has 0 radical (unpaired) electrons. The number of carbonyl (C=O) groups excluding carboxylic acids is 1. The number of aromatic nitrogens is 4. The Morgan fingerprint density at radius 2 is 2.32 bits per heavy atom. The van der Waals surface area contributed by atoms with Gasteiger partial charge in [-0.3, -0.25) is 9.36 Å². The molecule has 3 aromatic rings. The molecule has 8 heteroatoms. The summed E-state index contributed by atoms with van der Waals surface area (Å²) in [5.41, 5.74) is 2.30. The van der Waals surface area contributed by atoms with Crippen molar-refractivity contribution in [1.29, 1.82) is 0 Å². The number of fused-ring (bicyclic) bond motifs is 1. The van der Waals surface area contributed by atoms with Gasteiger partial charge in [0.15, 0.2) is 4.77 Å². The number of rotatable bonds is 3. The van der Waals surface area contributed by atoms with Crippen molar-refractivity contribution >= 4 is 29.7 Å². The van der Waals surface area contributed by atoms with Gasteiger partial charge in [0.25, 0.3) is 0 Å². The van der Waals surface area contributed by atoms with Crippen LogP contribution >= 0.6 is 23.8 Å². The lowest BCUT2D eigenvalue weighted by Gasteiger charge is -2.11. The topological polar surface area (TPSA) is 55.6 Å². The monoisotopic (exact) mass is 376 g/mol. The third-order valence-electron chi connectivity index (χ3n) is 4.54. The summed E-state index contributed by atoms with van der Waals surface area (Å²) in [4.78, 5) is 19.3. The van der Waals surface area contributed by atoms with Crippen LogP contribution in [-0.2, 0) is 19.4 Å². The highest BCUT2D eigenvalue weighted by Crippen LogP contribution is 2.34. The van der Waals surface area contributed by atoms with Gasteiger partial charge in [-0.25, -0.2) is 9.37 Å². The van der Waals surface area contributed by atoms with E-state index in [4.69, 9.17) is 23.8 Å². The van der Waals surface area contributed by atoms with Gasteiger partial charge < -0.3 is 9.55 Å². The Morgan fingerprint density at radius 1 is 1.48 bits per heavy atom. The molecule has 1 aliphatic heterocycles. The number of hydrogen-bond acceptors (Lipinski definition) is 3. The number of nitrogens with zero attached hydrogens (tertiary/aromatic N) is 3. The van der Waals surface area contributed by atoms with E-state index in [2.05, 4.69) is 9.97 Å². The van der Waals surface area contributed by atoms with Gasteiger partial charge in [0.2, 0.25) is 5.91 Å². The molecular weight excluding hydrogens is 363 g/mol. The van der Waals surface area contributed by atoms with E-state index in [-0.39, 0.29) is 24.1 Å². The molecule has 0 fully saturated rings. The van der Waals surface area contributed by atoms with Crippen LogP contribution in [-0.4, -0.2) is 25.0 Å². The van der Waals surface area contributed by atoms with Crippen molar-refractivity contribution < 1.29 is 9.18 Å². The molecule has 1 aliphatic rings. The zero-order valence-corrected chi connectivity index (χ0v) is 14.6. The zero-order chi connectivity index (χ0) is 17.6. The van der Waals surface area contributed by atoms with Crippen molar-refractivity contribution in [3.63, 3.8) is 0 Å².